The average Bonchev–Trinajstić information content (AvgIpc) is 1.31. The maximum Gasteiger partial charge on any atom is 0.140 e. The van der Waals surface area contributed by atoms with E-state index in [1.165, 1.54) is 0 Å². The number of nitrogens with zero attached hydrogens (tertiary/aromatic N) is 1. The van der Waals surface area contributed by atoms with E-state index < -0.39 is 0 Å². The van der Waals surface area contributed by atoms with Crippen molar-refractivity contribution < 1.29 is 4.48 Å². The SMILES string of the molecule is CC(Br)[N+](C)(C)C. The lowest BCUT2D eigenvalue weighted by Crippen LogP contribution is -2.39. The second-order valence-corrected chi connectivity index (χ2v) is 4.02. The zero-order chi connectivity index (χ0) is 6.08. The molecule has 0 radical (unpaired) electrons. The standard InChI is InChI=1S/C5H13BrN/c1-5(6)7(2,3)4/h5H,1-4H3/q+1. The van der Waals surface area contributed by atoms with E-state index in [-0.39, 0.29) is 0 Å². The van der Waals surface area contributed by atoms with Gasteiger partial charge in [-0.1, -0.05) is 0 Å². The van der Waals surface area contributed by atoms with Crippen LogP contribution in [-0.2, 0) is 0 Å². The molecule has 0 rings (SSSR count). The molecule has 0 aromatic heterocycles. The average molecular weight is 167 g/mol. The summed E-state index contributed by atoms with van der Waals surface area (Å²) < 4.78 is 0.972. The zero-order valence-corrected chi connectivity index (χ0v) is 6.99. The summed E-state index contributed by atoms with van der Waals surface area (Å²) in [6, 6.07) is 0. The van der Waals surface area contributed by atoms with Crippen LogP contribution in [0.25, 0.3) is 0 Å². The normalized spacial score (nSPS) is 16.7. The lowest BCUT2D eigenvalue weighted by atomic mass is 10.6. The summed E-state index contributed by atoms with van der Waals surface area (Å²) in [6.07, 6.45) is 0. The number of quaternary nitrogens is 1. The van der Waals surface area contributed by atoms with E-state index in [2.05, 4.69) is 44.0 Å². The fourth-order valence-corrected chi connectivity index (χ4v) is 0. The predicted octanol–water partition coefficient (Wildman–Crippen LogP) is 1.43. The van der Waals surface area contributed by atoms with Crippen molar-refractivity contribution in [2.75, 3.05) is 21.1 Å². The van der Waals surface area contributed by atoms with Gasteiger partial charge in [0.15, 0.2) is 0 Å². The Kier molecular flexibility index (Phi) is 2.27. The fourth-order valence-electron chi connectivity index (χ4n) is 0. The van der Waals surface area contributed by atoms with Crippen LogP contribution in [-0.4, -0.2) is 30.6 Å². The highest BCUT2D eigenvalue weighted by molar-refractivity contribution is 9.09. The topological polar surface area (TPSA) is 0 Å². The Hall–Kier alpha value is 0.440. The molecule has 0 amide bonds. The summed E-state index contributed by atoms with van der Waals surface area (Å²) in [5.74, 6) is 0. The molecule has 0 aliphatic rings. The van der Waals surface area contributed by atoms with E-state index in [4.69, 9.17) is 0 Å². The van der Waals surface area contributed by atoms with E-state index >= 15 is 0 Å². The summed E-state index contributed by atoms with van der Waals surface area (Å²) in [5.41, 5.74) is 0. The van der Waals surface area contributed by atoms with Crippen LogP contribution >= 0.6 is 15.9 Å². The first-order valence-electron chi connectivity index (χ1n) is 2.40. The van der Waals surface area contributed by atoms with Crippen molar-refractivity contribution in [1.82, 2.24) is 0 Å². The molecule has 0 aliphatic heterocycles. The third-order valence-corrected chi connectivity index (χ3v) is 2.30. The molecule has 0 fully saturated rings. The van der Waals surface area contributed by atoms with Crippen LogP contribution in [0.1, 0.15) is 6.92 Å². The second-order valence-electron chi connectivity index (χ2n) is 2.69. The summed E-state index contributed by atoms with van der Waals surface area (Å²) >= 11 is 3.47. The molecule has 0 saturated heterocycles. The van der Waals surface area contributed by atoms with E-state index in [1.54, 1.807) is 0 Å². The number of hydrogen-bond acceptors (Lipinski definition) is 0. The van der Waals surface area contributed by atoms with E-state index in [0.29, 0.717) is 4.95 Å². The van der Waals surface area contributed by atoms with Gasteiger partial charge in [0.05, 0.1) is 21.1 Å². The zero-order valence-electron chi connectivity index (χ0n) is 5.40. The number of rotatable bonds is 1. The molecule has 0 saturated carbocycles. The summed E-state index contributed by atoms with van der Waals surface area (Å²) in [7, 11) is 6.46. The van der Waals surface area contributed by atoms with E-state index in [1.807, 2.05) is 0 Å². The molecule has 0 N–H and O–H groups in total. The van der Waals surface area contributed by atoms with Crippen LogP contribution < -0.4 is 0 Å². The van der Waals surface area contributed by atoms with Crippen LogP contribution in [0.3, 0.4) is 0 Å². The van der Waals surface area contributed by atoms with Crippen LogP contribution in [0, 0.1) is 0 Å². The van der Waals surface area contributed by atoms with Crippen LogP contribution in [0.4, 0.5) is 0 Å². The molecule has 7 heavy (non-hydrogen) atoms. The molecule has 1 nitrogen and oxygen atoms in total. The van der Waals surface area contributed by atoms with Crippen molar-refractivity contribution in [2.45, 2.75) is 11.9 Å². The van der Waals surface area contributed by atoms with Gasteiger partial charge < -0.3 is 4.48 Å². The molecule has 1 atom stereocenters. The van der Waals surface area contributed by atoms with Gasteiger partial charge in [0.25, 0.3) is 0 Å². The highest BCUT2D eigenvalue weighted by atomic mass is 79.9. The van der Waals surface area contributed by atoms with Crippen LogP contribution in [0.15, 0.2) is 0 Å². The van der Waals surface area contributed by atoms with Crippen LogP contribution in [0.5, 0.6) is 0 Å². The smallest absolute Gasteiger partial charge is 0.140 e. The Bertz CT molecular complexity index is 53.6. The van der Waals surface area contributed by atoms with Gasteiger partial charge in [-0.15, -0.1) is 0 Å². The first kappa shape index (κ1) is 7.44. The molecule has 0 spiro atoms. The summed E-state index contributed by atoms with van der Waals surface area (Å²) in [5, 5.41) is 0. The molecular weight excluding hydrogens is 154 g/mol. The molecule has 1 unspecified atom stereocenters. The van der Waals surface area contributed by atoms with Crippen LogP contribution in [0.2, 0.25) is 0 Å². The minimum absolute atomic E-state index is 0.549. The number of alkyl halides is 1. The van der Waals surface area contributed by atoms with Crippen molar-refractivity contribution in [3.8, 4) is 0 Å². The van der Waals surface area contributed by atoms with Gasteiger partial charge >= 0.3 is 0 Å². The molecular formula is C5H13BrN+. The molecule has 0 bridgehead atoms. The quantitative estimate of drug-likeness (QED) is 0.315. The molecule has 0 aliphatic carbocycles. The highest BCUT2D eigenvalue weighted by Crippen LogP contribution is 2.07. The third-order valence-electron chi connectivity index (χ3n) is 1.07. The molecule has 0 aromatic rings. The Balaban J connectivity index is 3.54. The minimum atomic E-state index is 0.549. The molecule has 0 aromatic carbocycles. The second kappa shape index (κ2) is 2.14. The van der Waals surface area contributed by atoms with Gasteiger partial charge in [-0.2, -0.15) is 0 Å². The van der Waals surface area contributed by atoms with Gasteiger partial charge in [-0.3, -0.25) is 0 Å². The van der Waals surface area contributed by atoms with E-state index in [0.717, 1.165) is 4.48 Å². The highest BCUT2D eigenvalue weighted by Gasteiger charge is 2.12. The van der Waals surface area contributed by atoms with Gasteiger partial charge in [0.2, 0.25) is 0 Å². The lowest BCUT2D eigenvalue weighted by molar-refractivity contribution is -0.877. The molecule has 2 heteroatoms. The predicted molar refractivity (Wildman–Crippen MR) is 36.4 cm³/mol. The summed E-state index contributed by atoms with van der Waals surface area (Å²) in [4.78, 5) is 0.549. The Morgan fingerprint density at radius 2 is 1.43 bits per heavy atom. The number of halogens is 1. The van der Waals surface area contributed by atoms with Gasteiger partial charge in [-0.25, -0.2) is 0 Å². The fraction of sp³-hybridized carbons (Fsp3) is 1.00. The Labute approximate surface area is 54.0 Å². The van der Waals surface area contributed by atoms with Gasteiger partial charge in [-0.05, 0) is 22.9 Å². The van der Waals surface area contributed by atoms with Crippen molar-refractivity contribution in [3.63, 3.8) is 0 Å². The maximum absolute atomic E-state index is 3.47. The van der Waals surface area contributed by atoms with Gasteiger partial charge in [0, 0.05) is 0 Å². The van der Waals surface area contributed by atoms with Crippen molar-refractivity contribution in [1.29, 1.82) is 0 Å². The lowest BCUT2D eigenvalue weighted by Gasteiger charge is -2.26. The first-order chi connectivity index (χ1) is 2.94. The van der Waals surface area contributed by atoms with Gasteiger partial charge in [0.1, 0.15) is 4.95 Å². The Morgan fingerprint density at radius 1 is 1.29 bits per heavy atom. The van der Waals surface area contributed by atoms with Crippen molar-refractivity contribution >= 4 is 15.9 Å². The van der Waals surface area contributed by atoms with Crippen molar-refractivity contribution in [2.24, 2.45) is 0 Å². The molecule has 44 valence electrons. The Morgan fingerprint density at radius 3 is 1.43 bits per heavy atom. The maximum atomic E-state index is 3.47. The molecule has 0 heterocycles. The van der Waals surface area contributed by atoms with Crippen molar-refractivity contribution in [3.05, 3.63) is 0 Å². The first-order valence-corrected chi connectivity index (χ1v) is 3.31. The third kappa shape index (κ3) is 3.06. The minimum Gasteiger partial charge on any atom is -0.320 e. The monoisotopic (exact) mass is 166 g/mol. The number of hydrogen-bond donors (Lipinski definition) is 0. The largest absolute Gasteiger partial charge is 0.320 e. The van der Waals surface area contributed by atoms with E-state index in [9.17, 15) is 0 Å². The summed E-state index contributed by atoms with van der Waals surface area (Å²) in [6.45, 7) is 2.14.